The van der Waals surface area contributed by atoms with E-state index in [2.05, 4.69) is 29.4 Å². The molecule has 1 saturated heterocycles. The first kappa shape index (κ1) is 21.7. The summed E-state index contributed by atoms with van der Waals surface area (Å²) in [5.41, 5.74) is 3.40. The Balaban J connectivity index is 1.33. The summed E-state index contributed by atoms with van der Waals surface area (Å²) < 4.78 is 0. The van der Waals surface area contributed by atoms with Gasteiger partial charge in [-0.25, -0.2) is 4.79 Å². The summed E-state index contributed by atoms with van der Waals surface area (Å²) in [6.45, 7) is 5.90. The van der Waals surface area contributed by atoms with E-state index in [0.29, 0.717) is 39.1 Å². The van der Waals surface area contributed by atoms with Gasteiger partial charge in [0, 0.05) is 52.0 Å². The standard InChI is InChI=1S/C24H32N4O2/c1-20-9-11-21(12-10-20)19-23(29)27-15-17-28(18-16-27)24(30)25-13-6-14-26(2)22-7-4-3-5-8-22/h3-5,7-12H,6,13-19H2,1-2H3,(H,25,30). The fourth-order valence-corrected chi connectivity index (χ4v) is 3.59. The first-order valence-corrected chi connectivity index (χ1v) is 10.7. The third kappa shape index (κ3) is 6.24. The van der Waals surface area contributed by atoms with Crippen LogP contribution in [0.1, 0.15) is 17.5 Å². The van der Waals surface area contributed by atoms with Gasteiger partial charge in [0.15, 0.2) is 0 Å². The van der Waals surface area contributed by atoms with Crippen LogP contribution in [-0.4, -0.2) is 68.1 Å². The Morgan fingerprint density at radius 1 is 0.933 bits per heavy atom. The molecular weight excluding hydrogens is 376 g/mol. The number of anilines is 1. The summed E-state index contributed by atoms with van der Waals surface area (Å²) in [7, 11) is 2.06. The number of nitrogens with one attached hydrogen (secondary N) is 1. The predicted octanol–water partition coefficient (Wildman–Crippen LogP) is 2.92. The number of aryl methyl sites for hydroxylation is 1. The second-order valence-corrected chi connectivity index (χ2v) is 7.87. The topological polar surface area (TPSA) is 55.9 Å². The molecule has 0 atom stereocenters. The molecule has 1 N–H and O–H groups in total. The van der Waals surface area contributed by atoms with Crippen LogP contribution in [-0.2, 0) is 11.2 Å². The van der Waals surface area contributed by atoms with Crippen LogP contribution in [0.4, 0.5) is 10.5 Å². The molecule has 160 valence electrons. The zero-order valence-corrected chi connectivity index (χ0v) is 18.0. The van der Waals surface area contributed by atoms with E-state index in [-0.39, 0.29) is 11.9 Å². The van der Waals surface area contributed by atoms with Crippen LogP contribution in [0.2, 0.25) is 0 Å². The number of para-hydroxylation sites is 1. The fraction of sp³-hybridized carbons (Fsp3) is 0.417. The van der Waals surface area contributed by atoms with Gasteiger partial charge in [0.1, 0.15) is 0 Å². The molecule has 2 aromatic carbocycles. The van der Waals surface area contributed by atoms with E-state index in [1.54, 1.807) is 4.90 Å². The van der Waals surface area contributed by atoms with Crippen LogP contribution in [0.15, 0.2) is 54.6 Å². The molecule has 0 bridgehead atoms. The molecule has 6 nitrogen and oxygen atoms in total. The third-order valence-electron chi connectivity index (χ3n) is 5.54. The van der Waals surface area contributed by atoms with Crippen molar-refractivity contribution in [2.24, 2.45) is 0 Å². The second-order valence-electron chi connectivity index (χ2n) is 7.87. The van der Waals surface area contributed by atoms with Crippen molar-refractivity contribution in [2.45, 2.75) is 19.8 Å². The van der Waals surface area contributed by atoms with E-state index in [9.17, 15) is 9.59 Å². The van der Waals surface area contributed by atoms with Crippen LogP contribution >= 0.6 is 0 Å². The first-order chi connectivity index (χ1) is 14.5. The van der Waals surface area contributed by atoms with Gasteiger partial charge in [0.2, 0.25) is 5.91 Å². The maximum Gasteiger partial charge on any atom is 0.317 e. The van der Waals surface area contributed by atoms with Crippen LogP contribution in [0.25, 0.3) is 0 Å². The summed E-state index contributed by atoms with van der Waals surface area (Å²) >= 11 is 0. The molecule has 2 aromatic rings. The maximum absolute atomic E-state index is 12.5. The summed E-state index contributed by atoms with van der Waals surface area (Å²) in [4.78, 5) is 30.8. The van der Waals surface area contributed by atoms with Gasteiger partial charge in [0.25, 0.3) is 0 Å². The Morgan fingerprint density at radius 3 is 2.23 bits per heavy atom. The lowest BCUT2D eigenvalue weighted by Gasteiger charge is -2.35. The van der Waals surface area contributed by atoms with Crippen LogP contribution in [0.3, 0.4) is 0 Å². The van der Waals surface area contributed by atoms with Gasteiger partial charge in [-0.05, 0) is 31.0 Å². The number of carbonyl (C=O) groups is 2. The van der Waals surface area contributed by atoms with Crippen molar-refractivity contribution in [3.05, 3.63) is 65.7 Å². The van der Waals surface area contributed by atoms with Crippen LogP contribution in [0.5, 0.6) is 0 Å². The molecule has 30 heavy (non-hydrogen) atoms. The average molecular weight is 409 g/mol. The summed E-state index contributed by atoms with van der Waals surface area (Å²) in [5, 5.41) is 3.01. The van der Waals surface area contributed by atoms with E-state index in [1.807, 2.05) is 54.3 Å². The minimum absolute atomic E-state index is 0.0389. The lowest BCUT2D eigenvalue weighted by Crippen LogP contribution is -2.53. The van der Waals surface area contributed by atoms with Gasteiger partial charge in [-0.2, -0.15) is 0 Å². The summed E-state index contributed by atoms with van der Waals surface area (Å²) in [6, 6.07) is 18.3. The van der Waals surface area contributed by atoms with Gasteiger partial charge < -0.3 is 20.0 Å². The number of hydrogen-bond donors (Lipinski definition) is 1. The highest BCUT2D eigenvalue weighted by Gasteiger charge is 2.23. The highest BCUT2D eigenvalue weighted by molar-refractivity contribution is 5.79. The zero-order valence-electron chi connectivity index (χ0n) is 18.0. The van der Waals surface area contributed by atoms with Gasteiger partial charge in [-0.15, -0.1) is 0 Å². The Kier molecular flexibility index (Phi) is 7.71. The first-order valence-electron chi connectivity index (χ1n) is 10.7. The Bertz CT molecular complexity index is 815. The lowest BCUT2D eigenvalue weighted by molar-refractivity contribution is -0.131. The largest absolute Gasteiger partial charge is 0.375 e. The van der Waals surface area contributed by atoms with E-state index in [4.69, 9.17) is 0 Å². The summed E-state index contributed by atoms with van der Waals surface area (Å²) in [5.74, 6) is 0.128. The molecule has 0 aromatic heterocycles. The van der Waals surface area contributed by atoms with Crippen molar-refractivity contribution in [3.8, 4) is 0 Å². The molecule has 3 rings (SSSR count). The predicted molar refractivity (Wildman–Crippen MR) is 121 cm³/mol. The molecule has 0 aliphatic carbocycles. The van der Waals surface area contributed by atoms with E-state index in [0.717, 1.165) is 18.5 Å². The number of carbonyl (C=O) groups excluding carboxylic acids is 2. The lowest BCUT2D eigenvalue weighted by atomic mass is 10.1. The monoisotopic (exact) mass is 408 g/mol. The van der Waals surface area contributed by atoms with Crippen LogP contribution in [0, 0.1) is 6.92 Å². The molecular formula is C24H32N4O2. The quantitative estimate of drug-likeness (QED) is 0.717. The molecule has 0 radical (unpaired) electrons. The minimum atomic E-state index is -0.0389. The van der Waals surface area contributed by atoms with E-state index < -0.39 is 0 Å². The van der Waals surface area contributed by atoms with Gasteiger partial charge in [0.05, 0.1) is 6.42 Å². The van der Waals surface area contributed by atoms with Crippen molar-refractivity contribution in [1.29, 1.82) is 0 Å². The number of hydrogen-bond acceptors (Lipinski definition) is 3. The van der Waals surface area contributed by atoms with Gasteiger partial charge in [-0.1, -0.05) is 48.0 Å². The number of rotatable bonds is 7. The SMILES string of the molecule is Cc1ccc(CC(=O)N2CCN(C(=O)NCCCN(C)c3ccccc3)CC2)cc1. The fourth-order valence-electron chi connectivity index (χ4n) is 3.59. The number of benzene rings is 2. The van der Waals surface area contributed by atoms with Crippen molar-refractivity contribution in [1.82, 2.24) is 15.1 Å². The smallest absolute Gasteiger partial charge is 0.317 e. The molecule has 6 heteroatoms. The number of piperazine rings is 1. The van der Waals surface area contributed by atoms with Crippen molar-refractivity contribution >= 4 is 17.6 Å². The molecule has 0 spiro atoms. The van der Waals surface area contributed by atoms with Gasteiger partial charge in [-0.3, -0.25) is 4.79 Å². The summed E-state index contributed by atoms with van der Waals surface area (Å²) in [6.07, 6.45) is 1.30. The molecule has 1 aliphatic rings. The number of amides is 3. The Labute approximate surface area is 179 Å². The van der Waals surface area contributed by atoms with Crippen molar-refractivity contribution in [2.75, 3.05) is 51.2 Å². The molecule has 1 aliphatic heterocycles. The van der Waals surface area contributed by atoms with Gasteiger partial charge >= 0.3 is 6.03 Å². The molecule has 3 amide bonds. The van der Waals surface area contributed by atoms with Crippen molar-refractivity contribution < 1.29 is 9.59 Å². The Hall–Kier alpha value is -3.02. The van der Waals surface area contributed by atoms with E-state index >= 15 is 0 Å². The molecule has 1 heterocycles. The Morgan fingerprint density at radius 2 is 1.57 bits per heavy atom. The normalized spacial score (nSPS) is 13.8. The minimum Gasteiger partial charge on any atom is -0.375 e. The molecule has 1 fully saturated rings. The highest BCUT2D eigenvalue weighted by Crippen LogP contribution is 2.11. The molecule has 0 saturated carbocycles. The van der Waals surface area contributed by atoms with Crippen LogP contribution < -0.4 is 10.2 Å². The van der Waals surface area contributed by atoms with E-state index in [1.165, 1.54) is 11.3 Å². The average Bonchev–Trinajstić information content (AvgIpc) is 2.78. The second kappa shape index (κ2) is 10.7. The maximum atomic E-state index is 12.5. The molecule has 0 unspecified atom stereocenters. The zero-order chi connectivity index (χ0) is 21.3. The highest BCUT2D eigenvalue weighted by atomic mass is 16.2. The van der Waals surface area contributed by atoms with Crippen molar-refractivity contribution in [3.63, 3.8) is 0 Å². The third-order valence-corrected chi connectivity index (χ3v) is 5.54. The number of nitrogens with zero attached hydrogens (tertiary/aromatic N) is 3. The number of urea groups is 1.